The Kier molecular flexibility index (Phi) is 6.66. The molecule has 35 heavy (non-hydrogen) atoms. The van der Waals surface area contributed by atoms with Gasteiger partial charge in [-0.15, -0.1) is 0 Å². The van der Waals surface area contributed by atoms with E-state index in [1.165, 1.54) is 0 Å². The van der Waals surface area contributed by atoms with E-state index >= 15 is 0 Å². The summed E-state index contributed by atoms with van der Waals surface area (Å²) in [7, 11) is 0. The molecular weight excluding hydrogens is 528 g/mol. The van der Waals surface area contributed by atoms with E-state index in [0.29, 0.717) is 45.0 Å². The van der Waals surface area contributed by atoms with E-state index in [1.54, 1.807) is 42.6 Å². The molecule has 1 aromatic heterocycles. The smallest absolute Gasteiger partial charge is 0.256 e. The van der Waals surface area contributed by atoms with E-state index in [-0.39, 0.29) is 5.91 Å². The average Bonchev–Trinajstić information content (AvgIpc) is 3.37. The first kappa shape index (κ1) is 22.9. The maximum atomic E-state index is 13.4. The van der Waals surface area contributed by atoms with Crippen molar-refractivity contribution >= 4 is 39.1 Å². The molecule has 0 fully saturated rings. The van der Waals surface area contributed by atoms with Crippen molar-refractivity contribution in [3.8, 4) is 34.3 Å². The molecule has 1 N–H and O–H groups in total. The summed E-state index contributed by atoms with van der Waals surface area (Å²) in [6.45, 7) is 0. The lowest BCUT2D eigenvalue weighted by molar-refractivity contribution is 0.102. The highest BCUT2D eigenvalue weighted by Gasteiger charge is 2.19. The average molecular weight is 546 g/mol. The largest absolute Gasteiger partial charge is 0.455 e. The van der Waals surface area contributed by atoms with Gasteiger partial charge in [0.1, 0.15) is 5.75 Å². The van der Waals surface area contributed by atoms with E-state index < -0.39 is 0 Å². The monoisotopic (exact) mass is 544 g/mol. The number of carbonyl (C=O) groups is 1. The molecule has 0 spiro atoms. The highest BCUT2D eigenvalue weighted by atomic mass is 79.9. The van der Waals surface area contributed by atoms with Gasteiger partial charge in [0, 0.05) is 20.6 Å². The van der Waals surface area contributed by atoms with E-state index in [0.717, 1.165) is 10.0 Å². The minimum absolute atomic E-state index is 0.344. The zero-order valence-corrected chi connectivity index (χ0v) is 20.6. The Labute approximate surface area is 215 Å². The van der Waals surface area contributed by atoms with Gasteiger partial charge in [-0.3, -0.25) is 4.79 Å². The summed E-state index contributed by atoms with van der Waals surface area (Å²) in [6.07, 6.45) is 1.65. The van der Waals surface area contributed by atoms with Gasteiger partial charge in [0.2, 0.25) is 5.89 Å². The molecule has 0 aliphatic heterocycles. The van der Waals surface area contributed by atoms with Crippen LogP contribution in [0.25, 0.3) is 22.8 Å². The van der Waals surface area contributed by atoms with Crippen LogP contribution in [0.15, 0.2) is 112 Å². The number of nitrogens with zero attached hydrogens (tertiary/aromatic N) is 1. The first-order chi connectivity index (χ1) is 17.1. The molecular formula is C28H18BrClN2O3. The van der Waals surface area contributed by atoms with Gasteiger partial charge in [-0.1, -0.05) is 70.0 Å². The summed E-state index contributed by atoms with van der Waals surface area (Å²) < 4.78 is 12.9. The zero-order valence-electron chi connectivity index (χ0n) is 18.2. The molecule has 0 saturated heterocycles. The third kappa shape index (κ3) is 5.29. The number of nitrogens with one attached hydrogen (secondary N) is 1. The van der Waals surface area contributed by atoms with Crippen LogP contribution in [0.4, 0.5) is 5.69 Å². The molecule has 0 aliphatic rings. The number of benzene rings is 4. The lowest BCUT2D eigenvalue weighted by atomic mass is 10.1. The Hall–Kier alpha value is -3.87. The quantitative estimate of drug-likeness (QED) is 0.232. The predicted molar refractivity (Wildman–Crippen MR) is 141 cm³/mol. The highest BCUT2D eigenvalue weighted by molar-refractivity contribution is 9.10. The van der Waals surface area contributed by atoms with Crippen LogP contribution in [-0.4, -0.2) is 10.9 Å². The van der Waals surface area contributed by atoms with Crippen molar-refractivity contribution in [2.45, 2.75) is 0 Å². The molecule has 5 nitrogen and oxygen atoms in total. The van der Waals surface area contributed by atoms with Crippen LogP contribution in [-0.2, 0) is 0 Å². The number of hydrogen-bond donors (Lipinski definition) is 1. The van der Waals surface area contributed by atoms with Gasteiger partial charge in [0.25, 0.3) is 5.91 Å². The Morgan fingerprint density at radius 1 is 0.914 bits per heavy atom. The van der Waals surface area contributed by atoms with Crippen LogP contribution in [0.3, 0.4) is 0 Å². The summed E-state index contributed by atoms with van der Waals surface area (Å²) in [5, 5.41) is 3.39. The van der Waals surface area contributed by atoms with Gasteiger partial charge in [0.15, 0.2) is 11.5 Å². The molecule has 0 aliphatic carbocycles. The van der Waals surface area contributed by atoms with Crippen molar-refractivity contribution in [1.29, 1.82) is 0 Å². The molecule has 5 aromatic rings. The highest BCUT2D eigenvalue weighted by Crippen LogP contribution is 2.34. The fourth-order valence-corrected chi connectivity index (χ4v) is 4.11. The van der Waals surface area contributed by atoms with Gasteiger partial charge in [-0.25, -0.2) is 4.98 Å². The van der Waals surface area contributed by atoms with Gasteiger partial charge < -0.3 is 14.5 Å². The third-order valence-electron chi connectivity index (χ3n) is 5.18. The van der Waals surface area contributed by atoms with E-state index in [9.17, 15) is 4.79 Å². The number of aromatic nitrogens is 1. The Morgan fingerprint density at radius 3 is 2.54 bits per heavy atom. The molecule has 7 heteroatoms. The number of amides is 1. The van der Waals surface area contributed by atoms with E-state index in [4.69, 9.17) is 20.8 Å². The maximum absolute atomic E-state index is 13.4. The molecule has 172 valence electrons. The van der Waals surface area contributed by atoms with Crippen molar-refractivity contribution in [3.63, 3.8) is 0 Å². The molecule has 1 heterocycles. The molecule has 0 bridgehead atoms. The van der Waals surface area contributed by atoms with Gasteiger partial charge in [-0.2, -0.15) is 0 Å². The van der Waals surface area contributed by atoms with E-state index in [2.05, 4.69) is 26.2 Å². The fraction of sp³-hybridized carbons (Fsp3) is 0. The van der Waals surface area contributed by atoms with Crippen LogP contribution in [0.2, 0.25) is 5.02 Å². The molecule has 0 atom stereocenters. The number of hydrogen-bond acceptors (Lipinski definition) is 4. The van der Waals surface area contributed by atoms with Crippen molar-refractivity contribution in [2.24, 2.45) is 0 Å². The Balaban J connectivity index is 1.44. The van der Waals surface area contributed by atoms with Crippen LogP contribution in [0, 0.1) is 0 Å². The molecule has 0 saturated carbocycles. The van der Waals surface area contributed by atoms with Crippen molar-refractivity contribution < 1.29 is 13.9 Å². The number of halogens is 2. The van der Waals surface area contributed by atoms with Crippen molar-refractivity contribution in [2.75, 3.05) is 5.32 Å². The topological polar surface area (TPSA) is 64.4 Å². The van der Waals surface area contributed by atoms with Crippen LogP contribution < -0.4 is 10.1 Å². The Bertz CT molecular complexity index is 1500. The molecule has 0 unspecified atom stereocenters. The number of rotatable bonds is 6. The van der Waals surface area contributed by atoms with Crippen molar-refractivity contribution in [3.05, 3.63) is 118 Å². The first-order valence-corrected chi connectivity index (χ1v) is 11.9. The summed E-state index contributed by atoms with van der Waals surface area (Å²) in [5.74, 6) is 1.72. The predicted octanol–water partition coefficient (Wildman–Crippen LogP) is 8.47. The number of ether oxygens (including phenoxy) is 1. The summed E-state index contributed by atoms with van der Waals surface area (Å²) in [5.41, 5.74) is 2.30. The summed E-state index contributed by atoms with van der Waals surface area (Å²) in [6, 6.07) is 29.3. The maximum Gasteiger partial charge on any atom is 0.256 e. The lowest BCUT2D eigenvalue weighted by Crippen LogP contribution is -2.14. The minimum atomic E-state index is -0.344. The van der Waals surface area contributed by atoms with E-state index in [1.807, 2.05) is 60.7 Å². The molecule has 5 rings (SSSR count). The second-order valence-electron chi connectivity index (χ2n) is 7.60. The van der Waals surface area contributed by atoms with Crippen molar-refractivity contribution in [1.82, 2.24) is 4.98 Å². The van der Waals surface area contributed by atoms with Gasteiger partial charge >= 0.3 is 0 Å². The first-order valence-electron chi connectivity index (χ1n) is 10.7. The Morgan fingerprint density at radius 2 is 1.71 bits per heavy atom. The second kappa shape index (κ2) is 10.2. The van der Waals surface area contributed by atoms with Crippen LogP contribution in [0.5, 0.6) is 11.5 Å². The molecule has 1 amide bonds. The molecule has 4 aromatic carbocycles. The SMILES string of the molecule is O=C(Nc1cc(Cl)ccc1Oc1ccccc1)c1ccccc1-c1ncc(-c2cccc(Br)c2)o1. The number of carbonyl (C=O) groups excluding carboxylic acids is 1. The van der Waals surface area contributed by atoms with Crippen LogP contribution in [0.1, 0.15) is 10.4 Å². The third-order valence-corrected chi connectivity index (χ3v) is 5.91. The zero-order chi connectivity index (χ0) is 24.2. The minimum Gasteiger partial charge on any atom is -0.455 e. The molecule has 0 radical (unpaired) electrons. The summed E-state index contributed by atoms with van der Waals surface area (Å²) >= 11 is 9.68. The van der Waals surface area contributed by atoms with Gasteiger partial charge in [0.05, 0.1) is 17.4 Å². The number of anilines is 1. The number of para-hydroxylation sites is 1. The summed E-state index contributed by atoms with van der Waals surface area (Å²) in [4.78, 5) is 17.8. The fourth-order valence-electron chi connectivity index (χ4n) is 3.54. The van der Waals surface area contributed by atoms with Crippen LogP contribution >= 0.6 is 27.5 Å². The standard InChI is InChI=1S/C28H18BrClN2O3/c29-19-8-6-7-18(15-19)26-17-31-28(35-26)23-12-5-4-11-22(23)27(33)32-24-16-20(30)13-14-25(24)34-21-9-2-1-3-10-21/h1-17H,(H,32,33). The second-order valence-corrected chi connectivity index (χ2v) is 8.95. The number of oxazole rings is 1. The normalized spacial score (nSPS) is 10.7. The lowest BCUT2D eigenvalue weighted by Gasteiger charge is -2.14. The van der Waals surface area contributed by atoms with Gasteiger partial charge in [-0.05, 0) is 54.6 Å².